The second-order valence-corrected chi connectivity index (χ2v) is 15.0. The molecule has 2 fully saturated rings. The standard InChI is InChI=1S/C32H50N6O6S/c1-22(2)38-30-9-6-5-8-24(30)16-29(32(38)42)31(41)35-25-17-26-10-11-27(18-25)37(26)20-28(40)19-36(23(3)39)15-14-33-12-7-13-34-21-45(4,43)44/h5-6,8-9,16,22,25-28,33-34,40H,7,10-15,17-21H2,1-4H3,(H,35,41). The van der Waals surface area contributed by atoms with Crippen molar-refractivity contribution in [2.24, 2.45) is 0 Å². The average molecular weight is 647 g/mol. The lowest BCUT2D eigenvalue weighted by Crippen LogP contribution is -2.54. The van der Waals surface area contributed by atoms with Crippen LogP contribution >= 0.6 is 0 Å². The van der Waals surface area contributed by atoms with Crippen molar-refractivity contribution in [3.8, 4) is 0 Å². The van der Waals surface area contributed by atoms with Crippen LogP contribution in [0.3, 0.4) is 0 Å². The predicted molar refractivity (Wildman–Crippen MR) is 176 cm³/mol. The minimum atomic E-state index is -3.03. The number of carbonyl (C=O) groups is 2. The lowest BCUT2D eigenvalue weighted by Gasteiger charge is -2.40. The normalized spacial score (nSPS) is 20.9. The van der Waals surface area contributed by atoms with Gasteiger partial charge in [0.2, 0.25) is 5.91 Å². The number of pyridine rings is 1. The Morgan fingerprint density at radius 2 is 1.73 bits per heavy atom. The maximum atomic E-state index is 13.4. The third-order valence-corrected chi connectivity index (χ3v) is 9.58. The first kappa shape index (κ1) is 35.0. The Balaban J connectivity index is 1.25. The van der Waals surface area contributed by atoms with Crippen molar-refractivity contribution in [2.45, 2.75) is 83.1 Å². The number of sulfone groups is 1. The monoisotopic (exact) mass is 646 g/mol. The number of piperidine rings is 1. The molecular formula is C32H50N6O6S. The van der Waals surface area contributed by atoms with E-state index in [1.165, 1.54) is 13.2 Å². The van der Waals surface area contributed by atoms with Crippen LogP contribution in [0.2, 0.25) is 0 Å². The number of nitrogens with zero attached hydrogens (tertiary/aromatic N) is 3. The highest BCUT2D eigenvalue weighted by molar-refractivity contribution is 7.90. The van der Waals surface area contributed by atoms with Crippen LogP contribution in [-0.2, 0) is 14.6 Å². The van der Waals surface area contributed by atoms with Crippen LogP contribution in [0.5, 0.6) is 0 Å². The summed E-state index contributed by atoms with van der Waals surface area (Å²) in [6, 6.07) is 9.62. The maximum absolute atomic E-state index is 13.4. The Kier molecular flexibility index (Phi) is 12.2. The first-order valence-corrected chi connectivity index (χ1v) is 18.1. The summed E-state index contributed by atoms with van der Waals surface area (Å²) in [5.41, 5.74) is 0.696. The van der Waals surface area contributed by atoms with E-state index in [4.69, 9.17) is 0 Å². The van der Waals surface area contributed by atoms with E-state index >= 15 is 0 Å². The molecule has 0 aliphatic carbocycles. The highest BCUT2D eigenvalue weighted by atomic mass is 32.2. The molecule has 4 rings (SSSR count). The van der Waals surface area contributed by atoms with Crippen LogP contribution in [0.25, 0.3) is 10.9 Å². The number of hydrogen-bond acceptors (Lipinski definition) is 9. The zero-order chi connectivity index (χ0) is 32.7. The van der Waals surface area contributed by atoms with E-state index in [2.05, 4.69) is 20.9 Å². The van der Waals surface area contributed by atoms with Gasteiger partial charge in [-0.05, 0) is 76.6 Å². The highest BCUT2D eigenvalue weighted by Crippen LogP contribution is 2.36. The predicted octanol–water partition coefficient (Wildman–Crippen LogP) is 1.09. The van der Waals surface area contributed by atoms with E-state index < -0.39 is 15.9 Å². The summed E-state index contributed by atoms with van der Waals surface area (Å²) in [5, 5.41) is 21.1. The molecule has 4 N–H and O–H groups in total. The second-order valence-electron chi connectivity index (χ2n) is 12.9. The number of benzene rings is 1. The number of aliphatic hydroxyl groups is 1. The molecule has 13 heteroatoms. The van der Waals surface area contributed by atoms with Crippen molar-refractivity contribution in [1.29, 1.82) is 0 Å². The van der Waals surface area contributed by atoms with Crippen molar-refractivity contribution < 1.29 is 23.1 Å². The summed E-state index contributed by atoms with van der Waals surface area (Å²) >= 11 is 0. The molecule has 0 spiro atoms. The van der Waals surface area contributed by atoms with Gasteiger partial charge in [-0.3, -0.25) is 19.3 Å². The molecule has 2 aromatic rings. The SMILES string of the molecule is CC(=O)N(CCNCCCNCS(C)(=O)=O)CC(O)CN1C2CCC1CC(NC(=O)c1cc3ccccc3n(C(C)C)c1=O)C2. The molecule has 2 amide bonds. The molecule has 2 bridgehead atoms. The number of aromatic nitrogens is 1. The van der Waals surface area contributed by atoms with Crippen LogP contribution in [0.4, 0.5) is 0 Å². The Bertz CT molecular complexity index is 1480. The molecule has 250 valence electrons. The summed E-state index contributed by atoms with van der Waals surface area (Å²) in [6.45, 7) is 8.41. The third-order valence-electron chi connectivity index (χ3n) is 8.85. The van der Waals surface area contributed by atoms with Gasteiger partial charge in [0, 0.05) is 63.5 Å². The van der Waals surface area contributed by atoms with Crippen molar-refractivity contribution in [1.82, 2.24) is 30.3 Å². The number of fused-ring (bicyclic) bond motifs is 3. The smallest absolute Gasteiger partial charge is 0.264 e. The Morgan fingerprint density at radius 1 is 1.07 bits per heavy atom. The molecule has 3 atom stereocenters. The van der Waals surface area contributed by atoms with Gasteiger partial charge in [-0.1, -0.05) is 18.2 Å². The van der Waals surface area contributed by atoms with Gasteiger partial charge in [-0.25, -0.2) is 8.42 Å². The van der Waals surface area contributed by atoms with Gasteiger partial charge in [0.05, 0.1) is 17.5 Å². The van der Waals surface area contributed by atoms with Crippen LogP contribution in [0, 0.1) is 0 Å². The molecule has 2 saturated heterocycles. The van der Waals surface area contributed by atoms with E-state index in [0.29, 0.717) is 32.7 Å². The third kappa shape index (κ3) is 9.58. The summed E-state index contributed by atoms with van der Waals surface area (Å²) in [5.74, 6) is -0.475. The van der Waals surface area contributed by atoms with Gasteiger partial charge >= 0.3 is 0 Å². The number of rotatable bonds is 16. The summed E-state index contributed by atoms with van der Waals surface area (Å²) in [7, 11) is -3.03. The molecule has 2 aliphatic rings. The van der Waals surface area contributed by atoms with E-state index in [0.717, 1.165) is 43.0 Å². The van der Waals surface area contributed by atoms with E-state index in [9.17, 15) is 27.9 Å². The summed E-state index contributed by atoms with van der Waals surface area (Å²) in [4.78, 5) is 43.0. The van der Waals surface area contributed by atoms with E-state index in [1.807, 2.05) is 38.1 Å². The Morgan fingerprint density at radius 3 is 2.38 bits per heavy atom. The lowest BCUT2D eigenvalue weighted by molar-refractivity contribution is -0.130. The van der Waals surface area contributed by atoms with Crippen molar-refractivity contribution >= 4 is 32.6 Å². The van der Waals surface area contributed by atoms with Crippen molar-refractivity contribution in [3.05, 3.63) is 46.2 Å². The largest absolute Gasteiger partial charge is 0.390 e. The number of hydrogen-bond donors (Lipinski definition) is 4. The van der Waals surface area contributed by atoms with Crippen LogP contribution in [0.1, 0.15) is 69.3 Å². The fraction of sp³-hybridized carbons (Fsp3) is 0.656. The summed E-state index contributed by atoms with van der Waals surface area (Å²) in [6.07, 6.45) is 4.72. The quantitative estimate of drug-likeness (QED) is 0.196. The zero-order valence-electron chi connectivity index (χ0n) is 27.0. The van der Waals surface area contributed by atoms with Crippen LogP contribution in [0.15, 0.2) is 35.1 Å². The number of carbonyl (C=O) groups excluding carboxylic acids is 2. The maximum Gasteiger partial charge on any atom is 0.264 e. The Hall–Kier alpha value is -2.84. The molecule has 3 heterocycles. The van der Waals surface area contributed by atoms with Gasteiger partial charge in [0.15, 0.2) is 9.84 Å². The minimum absolute atomic E-state index is 0.0386. The van der Waals surface area contributed by atoms with E-state index in [-0.39, 0.29) is 59.5 Å². The van der Waals surface area contributed by atoms with Crippen molar-refractivity contribution in [2.75, 3.05) is 51.4 Å². The average Bonchev–Trinajstić information content (AvgIpc) is 3.18. The fourth-order valence-electron chi connectivity index (χ4n) is 6.78. The number of amides is 2. The molecule has 2 aliphatic heterocycles. The molecule has 0 saturated carbocycles. The molecular weight excluding hydrogens is 596 g/mol. The van der Waals surface area contributed by atoms with Gasteiger partial charge in [-0.2, -0.15) is 0 Å². The topological polar surface area (TPSA) is 153 Å². The van der Waals surface area contributed by atoms with Crippen molar-refractivity contribution in [3.63, 3.8) is 0 Å². The number of para-hydroxylation sites is 1. The van der Waals surface area contributed by atoms with Gasteiger partial charge in [0.1, 0.15) is 5.56 Å². The van der Waals surface area contributed by atoms with Crippen LogP contribution < -0.4 is 21.5 Å². The number of aliphatic hydroxyl groups excluding tert-OH is 1. The molecule has 3 unspecified atom stereocenters. The first-order chi connectivity index (χ1) is 21.3. The van der Waals surface area contributed by atoms with Crippen LogP contribution in [-0.4, -0.2) is 115 Å². The Labute approximate surface area is 266 Å². The van der Waals surface area contributed by atoms with Gasteiger partial charge in [-0.15, -0.1) is 0 Å². The summed E-state index contributed by atoms with van der Waals surface area (Å²) < 4.78 is 24.0. The number of nitrogens with one attached hydrogen (secondary N) is 3. The second kappa shape index (κ2) is 15.6. The highest BCUT2D eigenvalue weighted by Gasteiger charge is 2.42. The van der Waals surface area contributed by atoms with E-state index in [1.54, 1.807) is 15.5 Å². The zero-order valence-corrected chi connectivity index (χ0v) is 27.8. The molecule has 1 aromatic carbocycles. The molecule has 0 radical (unpaired) electrons. The molecule has 1 aromatic heterocycles. The molecule has 45 heavy (non-hydrogen) atoms. The lowest BCUT2D eigenvalue weighted by atomic mass is 9.96. The van der Waals surface area contributed by atoms with Gasteiger partial charge < -0.3 is 30.5 Å². The van der Waals surface area contributed by atoms with Gasteiger partial charge in [0.25, 0.3) is 11.5 Å². The first-order valence-electron chi connectivity index (χ1n) is 16.1. The minimum Gasteiger partial charge on any atom is -0.390 e. The molecule has 12 nitrogen and oxygen atoms in total. The fourth-order valence-corrected chi connectivity index (χ4v) is 7.30.